The number of benzene rings is 2. The summed E-state index contributed by atoms with van der Waals surface area (Å²) in [5.74, 6) is 2.53. The maximum absolute atomic E-state index is 6.00. The zero-order chi connectivity index (χ0) is 15.2. The summed E-state index contributed by atoms with van der Waals surface area (Å²) < 4.78 is 11.2. The minimum Gasteiger partial charge on any atom is -0.497 e. The van der Waals surface area contributed by atoms with Crippen LogP contribution in [0.15, 0.2) is 42.5 Å². The molecule has 112 valence electrons. The van der Waals surface area contributed by atoms with Crippen molar-refractivity contribution < 1.29 is 9.47 Å². The number of hydrogen-bond donors (Lipinski definition) is 1. The lowest BCUT2D eigenvalue weighted by Crippen LogP contribution is -2.22. The van der Waals surface area contributed by atoms with E-state index in [1.54, 1.807) is 7.11 Å². The molecule has 0 aromatic heterocycles. The van der Waals surface area contributed by atoms with Crippen molar-refractivity contribution in [3.8, 4) is 17.2 Å². The fourth-order valence-corrected chi connectivity index (χ4v) is 2.03. The van der Waals surface area contributed by atoms with E-state index in [-0.39, 0.29) is 0 Å². The van der Waals surface area contributed by atoms with E-state index in [0.717, 1.165) is 23.8 Å². The lowest BCUT2D eigenvalue weighted by Gasteiger charge is -2.14. The summed E-state index contributed by atoms with van der Waals surface area (Å²) in [5, 5.41) is 3.43. The van der Waals surface area contributed by atoms with Gasteiger partial charge in [-0.15, -0.1) is 0 Å². The predicted molar refractivity (Wildman–Crippen MR) is 86.2 cm³/mol. The lowest BCUT2D eigenvalue weighted by molar-refractivity contribution is 0.412. The highest BCUT2D eigenvalue weighted by Gasteiger charge is 2.06. The number of aryl methyl sites for hydroxylation is 1. The Morgan fingerprint density at radius 3 is 2.29 bits per heavy atom. The number of hydrogen-bond acceptors (Lipinski definition) is 3. The molecule has 0 spiro atoms. The SMILES string of the molecule is COc1ccc(Oc2ccc(C)cc2CNC(C)C)cc1. The first-order valence-corrected chi connectivity index (χ1v) is 7.23. The van der Waals surface area contributed by atoms with Crippen LogP contribution >= 0.6 is 0 Å². The van der Waals surface area contributed by atoms with Crippen LogP contribution in [-0.4, -0.2) is 13.2 Å². The van der Waals surface area contributed by atoms with E-state index in [0.29, 0.717) is 6.04 Å². The summed E-state index contributed by atoms with van der Waals surface area (Å²) in [6.45, 7) is 7.17. The topological polar surface area (TPSA) is 30.5 Å². The highest BCUT2D eigenvalue weighted by Crippen LogP contribution is 2.27. The summed E-state index contributed by atoms with van der Waals surface area (Å²) in [6, 6.07) is 14.3. The highest BCUT2D eigenvalue weighted by molar-refractivity contribution is 5.41. The van der Waals surface area contributed by atoms with Gasteiger partial charge < -0.3 is 14.8 Å². The van der Waals surface area contributed by atoms with Crippen LogP contribution < -0.4 is 14.8 Å². The Morgan fingerprint density at radius 2 is 1.67 bits per heavy atom. The molecule has 1 N–H and O–H groups in total. The molecule has 3 heteroatoms. The normalized spacial score (nSPS) is 10.7. The van der Waals surface area contributed by atoms with E-state index in [1.165, 1.54) is 11.1 Å². The molecule has 2 rings (SSSR count). The summed E-state index contributed by atoms with van der Waals surface area (Å²) in [7, 11) is 1.66. The Labute approximate surface area is 126 Å². The Morgan fingerprint density at radius 1 is 1.00 bits per heavy atom. The van der Waals surface area contributed by atoms with Crippen LogP contribution in [0.5, 0.6) is 17.2 Å². The molecule has 0 fully saturated rings. The highest BCUT2D eigenvalue weighted by atomic mass is 16.5. The van der Waals surface area contributed by atoms with Crippen LogP contribution in [-0.2, 0) is 6.54 Å². The van der Waals surface area contributed by atoms with Crippen LogP contribution in [0.1, 0.15) is 25.0 Å². The van der Waals surface area contributed by atoms with Crippen LogP contribution in [0.2, 0.25) is 0 Å². The molecule has 21 heavy (non-hydrogen) atoms. The smallest absolute Gasteiger partial charge is 0.131 e. The van der Waals surface area contributed by atoms with Gasteiger partial charge in [-0.05, 0) is 37.3 Å². The van der Waals surface area contributed by atoms with E-state index in [4.69, 9.17) is 9.47 Å². The van der Waals surface area contributed by atoms with Gasteiger partial charge >= 0.3 is 0 Å². The first-order chi connectivity index (χ1) is 10.1. The molecule has 0 saturated heterocycles. The maximum atomic E-state index is 6.00. The fraction of sp³-hybridized carbons (Fsp3) is 0.333. The van der Waals surface area contributed by atoms with Gasteiger partial charge in [-0.1, -0.05) is 31.5 Å². The van der Waals surface area contributed by atoms with Gasteiger partial charge in [-0.25, -0.2) is 0 Å². The third-order valence-corrected chi connectivity index (χ3v) is 3.20. The Bertz CT molecular complexity index is 576. The minimum atomic E-state index is 0.444. The maximum Gasteiger partial charge on any atom is 0.131 e. The van der Waals surface area contributed by atoms with Crippen molar-refractivity contribution in [1.29, 1.82) is 0 Å². The quantitative estimate of drug-likeness (QED) is 0.858. The van der Waals surface area contributed by atoms with Gasteiger partial charge in [0.2, 0.25) is 0 Å². The largest absolute Gasteiger partial charge is 0.497 e. The Kier molecular flexibility index (Phi) is 5.23. The molecule has 0 radical (unpaired) electrons. The molecule has 0 atom stereocenters. The second-order valence-corrected chi connectivity index (χ2v) is 5.42. The van der Waals surface area contributed by atoms with Gasteiger partial charge in [0.15, 0.2) is 0 Å². The van der Waals surface area contributed by atoms with Gasteiger partial charge in [-0.2, -0.15) is 0 Å². The molecule has 2 aromatic rings. The van der Waals surface area contributed by atoms with Crippen molar-refractivity contribution in [2.75, 3.05) is 7.11 Å². The van der Waals surface area contributed by atoms with Crippen molar-refractivity contribution in [1.82, 2.24) is 5.32 Å². The summed E-state index contributed by atoms with van der Waals surface area (Å²) in [4.78, 5) is 0. The van der Waals surface area contributed by atoms with E-state index in [2.05, 4.69) is 38.2 Å². The standard InChI is InChI=1S/C18H23NO2/c1-13(2)19-12-15-11-14(3)5-10-18(15)21-17-8-6-16(20-4)7-9-17/h5-11,13,19H,12H2,1-4H3. The zero-order valence-electron chi connectivity index (χ0n) is 13.1. The van der Waals surface area contributed by atoms with Crippen molar-refractivity contribution in [2.45, 2.75) is 33.4 Å². The fourth-order valence-electron chi connectivity index (χ4n) is 2.03. The minimum absolute atomic E-state index is 0.444. The van der Waals surface area contributed by atoms with Crippen LogP contribution in [0.3, 0.4) is 0 Å². The Balaban J connectivity index is 2.17. The van der Waals surface area contributed by atoms with Crippen molar-refractivity contribution in [3.63, 3.8) is 0 Å². The molecule has 0 aliphatic carbocycles. The van der Waals surface area contributed by atoms with Crippen molar-refractivity contribution in [2.24, 2.45) is 0 Å². The zero-order valence-corrected chi connectivity index (χ0v) is 13.1. The molecular weight excluding hydrogens is 262 g/mol. The lowest BCUT2D eigenvalue weighted by atomic mass is 10.1. The first-order valence-electron chi connectivity index (χ1n) is 7.23. The summed E-state index contributed by atoms with van der Waals surface area (Å²) in [6.07, 6.45) is 0. The van der Waals surface area contributed by atoms with Gasteiger partial charge in [0, 0.05) is 18.2 Å². The van der Waals surface area contributed by atoms with Gasteiger partial charge in [-0.3, -0.25) is 0 Å². The number of nitrogens with one attached hydrogen (secondary N) is 1. The van der Waals surface area contributed by atoms with Gasteiger partial charge in [0.25, 0.3) is 0 Å². The van der Waals surface area contributed by atoms with Gasteiger partial charge in [0.1, 0.15) is 17.2 Å². The van der Waals surface area contributed by atoms with Crippen molar-refractivity contribution in [3.05, 3.63) is 53.6 Å². The molecular formula is C18H23NO2. The molecule has 2 aromatic carbocycles. The third-order valence-electron chi connectivity index (χ3n) is 3.20. The molecule has 0 aliphatic heterocycles. The number of ether oxygens (including phenoxy) is 2. The van der Waals surface area contributed by atoms with E-state index in [1.807, 2.05) is 30.3 Å². The monoisotopic (exact) mass is 285 g/mol. The van der Waals surface area contributed by atoms with E-state index in [9.17, 15) is 0 Å². The molecule has 0 heterocycles. The average molecular weight is 285 g/mol. The molecule has 0 unspecified atom stereocenters. The van der Waals surface area contributed by atoms with Crippen molar-refractivity contribution >= 4 is 0 Å². The molecule has 0 bridgehead atoms. The first kappa shape index (κ1) is 15.4. The second kappa shape index (κ2) is 7.14. The number of methoxy groups -OCH3 is 1. The summed E-state index contributed by atoms with van der Waals surface area (Å²) >= 11 is 0. The predicted octanol–water partition coefficient (Wildman–Crippen LogP) is 4.29. The number of rotatable bonds is 6. The molecule has 3 nitrogen and oxygen atoms in total. The van der Waals surface area contributed by atoms with Crippen LogP contribution in [0, 0.1) is 6.92 Å². The average Bonchev–Trinajstić information content (AvgIpc) is 2.48. The summed E-state index contributed by atoms with van der Waals surface area (Å²) in [5.41, 5.74) is 2.40. The molecule has 0 aliphatic rings. The molecule has 0 amide bonds. The van der Waals surface area contributed by atoms with Crippen LogP contribution in [0.25, 0.3) is 0 Å². The van der Waals surface area contributed by atoms with E-state index >= 15 is 0 Å². The second-order valence-electron chi connectivity index (χ2n) is 5.42. The van der Waals surface area contributed by atoms with E-state index < -0.39 is 0 Å². The third kappa shape index (κ3) is 4.50. The van der Waals surface area contributed by atoms with Gasteiger partial charge in [0.05, 0.1) is 7.11 Å². The van der Waals surface area contributed by atoms with Crippen LogP contribution in [0.4, 0.5) is 0 Å². The molecule has 0 saturated carbocycles. The Hall–Kier alpha value is -2.00.